The number of anilines is 1. The Morgan fingerprint density at radius 3 is 1.89 bits per heavy atom. The minimum Gasteiger partial charge on any atom is -0.368 e. The number of aromatic amines is 1. The molecule has 0 radical (unpaired) electrons. The minimum absolute atomic E-state index is 0.0395. The van der Waals surface area contributed by atoms with Crippen molar-refractivity contribution in [2.45, 2.75) is 26.0 Å². The molecule has 0 saturated heterocycles. The van der Waals surface area contributed by atoms with Crippen LogP contribution in [0, 0.1) is 6.92 Å². The van der Waals surface area contributed by atoms with Gasteiger partial charge in [0.25, 0.3) is 20.2 Å². The molecule has 0 amide bonds. The van der Waals surface area contributed by atoms with Gasteiger partial charge in [-0.1, -0.05) is 36.4 Å². The lowest BCUT2D eigenvalue weighted by Crippen LogP contribution is -2.23. The highest BCUT2D eigenvalue weighted by Crippen LogP contribution is 2.33. The van der Waals surface area contributed by atoms with Gasteiger partial charge >= 0.3 is 0 Å². The molecule has 0 aliphatic carbocycles. The lowest BCUT2D eigenvalue weighted by atomic mass is 10.0. The third-order valence-corrected chi connectivity index (χ3v) is 6.73. The molecule has 5 N–H and O–H groups in total. The van der Waals surface area contributed by atoms with E-state index in [1.54, 1.807) is 26.0 Å². The van der Waals surface area contributed by atoms with E-state index < -0.39 is 35.5 Å². The second-order valence-corrected chi connectivity index (χ2v) is 13.7. The van der Waals surface area contributed by atoms with E-state index in [0.717, 1.165) is 32.3 Å². The molecule has 0 unspecified atom stereocenters. The van der Waals surface area contributed by atoms with E-state index >= 15 is 0 Å². The van der Waals surface area contributed by atoms with Gasteiger partial charge in [-0.3, -0.25) is 9.11 Å². The Kier molecular flexibility index (Phi) is 9.44. The van der Waals surface area contributed by atoms with Crippen LogP contribution in [0.3, 0.4) is 0 Å². The van der Waals surface area contributed by atoms with Crippen molar-refractivity contribution in [2.24, 2.45) is 0 Å². The van der Waals surface area contributed by atoms with Crippen LogP contribution < -0.4 is 5.73 Å². The number of nitrogen functional groups attached to an aromatic ring is 1. The van der Waals surface area contributed by atoms with Crippen LogP contribution in [0.4, 0.5) is 5.95 Å². The van der Waals surface area contributed by atoms with E-state index in [-0.39, 0.29) is 5.95 Å². The predicted molar refractivity (Wildman–Crippen MR) is 146 cm³/mol. The minimum atomic E-state index is -3.67. The fraction of sp³-hybridized carbons (Fsp3) is 0.273. The van der Waals surface area contributed by atoms with Crippen LogP contribution in [-0.2, 0) is 30.3 Å². The van der Waals surface area contributed by atoms with Gasteiger partial charge in [-0.05, 0) is 32.9 Å². The third-order valence-electron chi connectivity index (χ3n) is 4.65. The molecule has 0 saturated carbocycles. The summed E-state index contributed by atoms with van der Waals surface area (Å²) in [5.74, 6) is 0.735. The summed E-state index contributed by atoms with van der Waals surface area (Å²) >= 11 is 0. The van der Waals surface area contributed by atoms with Gasteiger partial charge < -0.3 is 10.7 Å². The molecule has 16 heteroatoms. The molecule has 0 aliphatic rings. The van der Waals surface area contributed by atoms with Crippen molar-refractivity contribution in [1.82, 2.24) is 18.9 Å². The second kappa shape index (κ2) is 11.6. The van der Waals surface area contributed by atoms with Crippen molar-refractivity contribution < 1.29 is 34.4 Å². The topological polar surface area (TPSA) is 215 Å². The molecule has 13 nitrogen and oxygen atoms in total. The monoisotopic (exact) mass is 587 g/mol. The van der Waals surface area contributed by atoms with E-state index in [2.05, 4.69) is 15.0 Å². The fourth-order valence-electron chi connectivity index (χ4n) is 3.21. The van der Waals surface area contributed by atoms with Gasteiger partial charge in [0, 0.05) is 11.1 Å². The fourth-order valence-corrected chi connectivity index (χ4v) is 4.36. The predicted octanol–water partition coefficient (Wildman–Crippen LogP) is 2.58. The first-order valence-corrected chi connectivity index (χ1v) is 16.0. The molecule has 2 aromatic carbocycles. The van der Waals surface area contributed by atoms with E-state index in [1.807, 2.05) is 43.3 Å². The number of aryl methyl sites for hydroxylation is 1. The standard InChI is InChI=1S/C20H21N5O2S.2CH4O3S/c1-12(2)28(26,27)25-17-11-15(9-10-16(17)24-20(25)21)19-18(22-13(3)23-19)14-7-5-4-6-8-14;2*1-5(2,3)4/h4-12H,1-3H3,(H2,21,24)(H,22,23);2*1H3,(H,2,3,4). The number of rotatable bonds is 4. The van der Waals surface area contributed by atoms with Gasteiger partial charge in [0.15, 0.2) is 0 Å². The zero-order valence-corrected chi connectivity index (χ0v) is 23.6. The summed E-state index contributed by atoms with van der Waals surface area (Å²) in [5.41, 5.74) is 10.3. The Morgan fingerprint density at radius 1 is 0.868 bits per heavy atom. The van der Waals surface area contributed by atoms with Crippen molar-refractivity contribution in [1.29, 1.82) is 0 Å². The normalized spacial score (nSPS) is 12.0. The highest BCUT2D eigenvalue weighted by Gasteiger charge is 2.25. The Hall–Kier alpha value is -3.31. The number of nitrogens with one attached hydrogen (secondary N) is 1. The maximum absolute atomic E-state index is 12.8. The van der Waals surface area contributed by atoms with Gasteiger partial charge in [0.2, 0.25) is 16.0 Å². The quantitative estimate of drug-likeness (QED) is 0.254. The average molecular weight is 588 g/mol. The van der Waals surface area contributed by atoms with Crippen molar-refractivity contribution >= 4 is 47.2 Å². The number of aromatic nitrogens is 4. The highest BCUT2D eigenvalue weighted by atomic mass is 32.2. The number of imidazole rings is 2. The molecule has 2 heterocycles. The van der Waals surface area contributed by atoms with Crippen LogP contribution in [0.5, 0.6) is 0 Å². The highest BCUT2D eigenvalue weighted by molar-refractivity contribution is 7.90. The van der Waals surface area contributed by atoms with Gasteiger partial charge in [-0.15, -0.1) is 0 Å². The summed E-state index contributed by atoms with van der Waals surface area (Å²) in [6.07, 6.45) is 1.43. The van der Waals surface area contributed by atoms with Gasteiger partial charge in [0.05, 0.1) is 40.2 Å². The molecule has 0 fully saturated rings. The van der Waals surface area contributed by atoms with E-state index in [0.29, 0.717) is 23.5 Å². The number of H-pyrrole nitrogens is 1. The molecule has 208 valence electrons. The first-order chi connectivity index (χ1) is 17.3. The smallest absolute Gasteiger partial charge is 0.261 e. The van der Waals surface area contributed by atoms with Crippen LogP contribution in [0.2, 0.25) is 0 Å². The van der Waals surface area contributed by atoms with Crippen molar-refractivity contribution in [3.05, 3.63) is 54.4 Å². The number of nitrogens with two attached hydrogens (primary N) is 1. The first kappa shape index (κ1) is 30.9. The van der Waals surface area contributed by atoms with Crippen LogP contribution in [-0.4, -0.2) is 71.0 Å². The van der Waals surface area contributed by atoms with Gasteiger partial charge in [-0.2, -0.15) is 16.8 Å². The zero-order valence-electron chi connectivity index (χ0n) is 21.2. The molecule has 0 bridgehead atoms. The summed E-state index contributed by atoms with van der Waals surface area (Å²) in [7, 11) is -11.0. The number of nitrogens with zero attached hydrogens (tertiary/aromatic N) is 3. The number of fused-ring (bicyclic) bond motifs is 1. The third kappa shape index (κ3) is 8.63. The van der Waals surface area contributed by atoms with Crippen molar-refractivity contribution in [2.75, 3.05) is 18.2 Å². The Balaban J connectivity index is 0.000000435. The molecule has 38 heavy (non-hydrogen) atoms. The largest absolute Gasteiger partial charge is 0.368 e. The summed E-state index contributed by atoms with van der Waals surface area (Å²) in [5, 5.41) is -0.622. The second-order valence-electron chi connectivity index (χ2n) is 8.41. The average Bonchev–Trinajstić information content (AvgIpc) is 3.30. The van der Waals surface area contributed by atoms with E-state index in [9.17, 15) is 25.3 Å². The molecule has 0 atom stereocenters. The van der Waals surface area contributed by atoms with Crippen LogP contribution in [0.1, 0.15) is 19.7 Å². The molecule has 4 aromatic rings. The molecular weight excluding hydrogens is 558 g/mol. The summed E-state index contributed by atoms with van der Waals surface area (Å²) in [4.78, 5) is 12.1. The summed E-state index contributed by atoms with van der Waals surface area (Å²) in [6.45, 7) is 5.13. The lowest BCUT2D eigenvalue weighted by molar-refractivity contribution is 0.488. The lowest BCUT2D eigenvalue weighted by Gasteiger charge is -2.11. The van der Waals surface area contributed by atoms with Crippen LogP contribution in [0.15, 0.2) is 48.5 Å². The van der Waals surface area contributed by atoms with E-state index in [1.165, 1.54) is 0 Å². The molecule has 2 aromatic heterocycles. The first-order valence-electron chi connectivity index (χ1n) is 10.8. The van der Waals surface area contributed by atoms with Crippen molar-refractivity contribution in [3.63, 3.8) is 0 Å². The number of benzene rings is 2. The van der Waals surface area contributed by atoms with Crippen molar-refractivity contribution in [3.8, 4) is 22.5 Å². The summed E-state index contributed by atoms with van der Waals surface area (Å²) in [6, 6.07) is 15.3. The van der Waals surface area contributed by atoms with Crippen LogP contribution >= 0.6 is 0 Å². The Morgan fingerprint density at radius 2 is 1.39 bits per heavy atom. The maximum atomic E-state index is 12.8. The van der Waals surface area contributed by atoms with Crippen LogP contribution in [0.25, 0.3) is 33.5 Å². The number of hydrogen-bond donors (Lipinski definition) is 4. The molecule has 4 rings (SSSR count). The molecule has 0 spiro atoms. The number of hydrogen-bond acceptors (Lipinski definition) is 9. The zero-order chi connectivity index (χ0) is 29.1. The Labute approximate surface area is 221 Å². The van der Waals surface area contributed by atoms with E-state index in [4.69, 9.17) is 14.8 Å². The molecule has 0 aliphatic heterocycles. The molecular formula is C22H29N5O8S3. The SMILES string of the molecule is CS(=O)(=O)O.CS(=O)(=O)O.Cc1nc(-c2ccc3nc(N)n(S(=O)(=O)C(C)C)c3c2)c(-c2ccccc2)[nH]1. The maximum Gasteiger partial charge on any atom is 0.261 e. The van der Waals surface area contributed by atoms with Gasteiger partial charge in [-0.25, -0.2) is 22.4 Å². The summed E-state index contributed by atoms with van der Waals surface area (Å²) < 4.78 is 78.4. The Bertz CT molecular complexity index is 1700. The van der Waals surface area contributed by atoms with Gasteiger partial charge in [0.1, 0.15) is 5.82 Å².